The first-order valence-electron chi connectivity index (χ1n) is 7.59. The lowest BCUT2D eigenvalue weighted by Gasteiger charge is -2.56. The molecule has 2 aromatic carbocycles. The van der Waals surface area contributed by atoms with Gasteiger partial charge in [0, 0.05) is 23.5 Å². The van der Waals surface area contributed by atoms with Crippen molar-refractivity contribution in [1.29, 1.82) is 0 Å². The number of halogens is 1. The predicted octanol–water partition coefficient (Wildman–Crippen LogP) is 3.84. The molecule has 0 amide bonds. The van der Waals surface area contributed by atoms with Crippen LogP contribution in [0, 0.1) is 12.3 Å². The Morgan fingerprint density at radius 3 is 2.27 bits per heavy atom. The molecule has 0 saturated carbocycles. The van der Waals surface area contributed by atoms with Gasteiger partial charge in [0.25, 0.3) is 0 Å². The Labute approximate surface area is 137 Å². The highest BCUT2D eigenvalue weighted by molar-refractivity contribution is 6.30. The first-order valence-corrected chi connectivity index (χ1v) is 7.97. The SMILES string of the molecule is Cc1ccc([C@](O)(c2cccc(Cl)c2)C2(C)CN(C)C2)cc1. The van der Waals surface area contributed by atoms with E-state index < -0.39 is 5.60 Å². The minimum Gasteiger partial charge on any atom is -0.380 e. The predicted molar refractivity (Wildman–Crippen MR) is 91.2 cm³/mol. The summed E-state index contributed by atoms with van der Waals surface area (Å²) in [4.78, 5) is 2.23. The fraction of sp³-hybridized carbons (Fsp3) is 0.368. The highest BCUT2D eigenvalue weighted by atomic mass is 35.5. The number of hydrogen-bond donors (Lipinski definition) is 1. The molecule has 0 unspecified atom stereocenters. The van der Waals surface area contributed by atoms with Gasteiger partial charge in [-0.2, -0.15) is 0 Å². The molecule has 1 heterocycles. The normalized spacial score (nSPS) is 20.2. The molecule has 22 heavy (non-hydrogen) atoms. The Kier molecular flexibility index (Phi) is 3.80. The number of hydrogen-bond acceptors (Lipinski definition) is 2. The number of benzene rings is 2. The fourth-order valence-electron chi connectivity index (χ4n) is 3.75. The van der Waals surface area contributed by atoms with E-state index in [-0.39, 0.29) is 5.41 Å². The summed E-state index contributed by atoms with van der Waals surface area (Å²) in [6, 6.07) is 15.8. The number of rotatable bonds is 3. The Balaban J connectivity index is 2.16. The molecule has 1 aliphatic rings. The van der Waals surface area contributed by atoms with Gasteiger partial charge in [-0.05, 0) is 37.2 Å². The van der Waals surface area contributed by atoms with Gasteiger partial charge < -0.3 is 10.0 Å². The second kappa shape index (κ2) is 5.38. The van der Waals surface area contributed by atoms with Gasteiger partial charge in [0.05, 0.1) is 0 Å². The Bertz CT molecular complexity index is 676. The lowest BCUT2D eigenvalue weighted by molar-refractivity contribution is -0.127. The first-order chi connectivity index (χ1) is 10.3. The molecule has 0 radical (unpaired) electrons. The standard InChI is InChI=1S/C19H22ClNO/c1-14-7-9-15(10-8-14)19(22,18(2)12-21(3)13-18)16-5-4-6-17(20)11-16/h4-11,22H,12-13H2,1-3H3/t19-/m0/s1. The lowest BCUT2D eigenvalue weighted by Crippen LogP contribution is -2.63. The van der Waals surface area contributed by atoms with Crippen LogP contribution >= 0.6 is 11.6 Å². The van der Waals surface area contributed by atoms with Crippen LogP contribution in [0.5, 0.6) is 0 Å². The van der Waals surface area contributed by atoms with Crippen molar-refractivity contribution >= 4 is 11.6 Å². The van der Waals surface area contributed by atoms with E-state index in [1.165, 1.54) is 5.56 Å². The summed E-state index contributed by atoms with van der Waals surface area (Å²) in [7, 11) is 2.08. The van der Waals surface area contributed by atoms with E-state index in [0.717, 1.165) is 24.2 Å². The molecule has 1 N–H and O–H groups in total. The van der Waals surface area contributed by atoms with Gasteiger partial charge in [0.1, 0.15) is 5.60 Å². The van der Waals surface area contributed by atoms with E-state index in [1.807, 2.05) is 36.4 Å². The van der Waals surface area contributed by atoms with Crippen molar-refractivity contribution in [2.24, 2.45) is 5.41 Å². The van der Waals surface area contributed by atoms with Crippen molar-refractivity contribution in [3.05, 3.63) is 70.2 Å². The zero-order valence-electron chi connectivity index (χ0n) is 13.3. The van der Waals surface area contributed by atoms with Crippen molar-refractivity contribution in [3.8, 4) is 0 Å². The first kappa shape index (κ1) is 15.5. The summed E-state index contributed by atoms with van der Waals surface area (Å²) in [5, 5.41) is 12.4. The van der Waals surface area contributed by atoms with E-state index in [4.69, 9.17) is 11.6 Å². The van der Waals surface area contributed by atoms with Gasteiger partial charge in [0.2, 0.25) is 0 Å². The molecule has 1 fully saturated rings. The Hall–Kier alpha value is -1.35. The largest absolute Gasteiger partial charge is 0.380 e. The maximum absolute atomic E-state index is 11.8. The molecule has 0 aliphatic carbocycles. The molecular formula is C19H22ClNO. The van der Waals surface area contributed by atoms with Crippen LogP contribution < -0.4 is 0 Å². The van der Waals surface area contributed by atoms with E-state index in [9.17, 15) is 5.11 Å². The van der Waals surface area contributed by atoms with Crippen LogP contribution in [0.15, 0.2) is 48.5 Å². The highest BCUT2D eigenvalue weighted by Crippen LogP contribution is 2.50. The number of nitrogens with zero attached hydrogens (tertiary/aromatic N) is 1. The third-order valence-electron chi connectivity index (χ3n) is 4.82. The molecule has 2 aromatic rings. The van der Waals surface area contributed by atoms with Crippen molar-refractivity contribution in [2.45, 2.75) is 19.4 Å². The van der Waals surface area contributed by atoms with Gasteiger partial charge in [0.15, 0.2) is 0 Å². The monoisotopic (exact) mass is 315 g/mol. The van der Waals surface area contributed by atoms with Gasteiger partial charge in [-0.15, -0.1) is 0 Å². The van der Waals surface area contributed by atoms with Crippen LogP contribution in [0.1, 0.15) is 23.6 Å². The highest BCUT2D eigenvalue weighted by Gasteiger charge is 2.55. The quantitative estimate of drug-likeness (QED) is 0.930. The van der Waals surface area contributed by atoms with Crippen molar-refractivity contribution < 1.29 is 5.11 Å². The molecule has 0 aromatic heterocycles. The molecular weight excluding hydrogens is 294 g/mol. The van der Waals surface area contributed by atoms with Crippen LogP contribution in [0.25, 0.3) is 0 Å². The Morgan fingerprint density at radius 1 is 1.09 bits per heavy atom. The summed E-state index contributed by atoms with van der Waals surface area (Å²) in [6.45, 7) is 5.91. The van der Waals surface area contributed by atoms with Crippen LogP contribution in [-0.4, -0.2) is 30.1 Å². The average molecular weight is 316 g/mol. The summed E-state index contributed by atoms with van der Waals surface area (Å²) < 4.78 is 0. The molecule has 1 saturated heterocycles. The third-order valence-corrected chi connectivity index (χ3v) is 5.06. The average Bonchev–Trinajstić information content (AvgIpc) is 2.45. The van der Waals surface area contributed by atoms with E-state index >= 15 is 0 Å². The summed E-state index contributed by atoms with van der Waals surface area (Å²) in [5.74, 6) is 0. The molecule has 116 valence electrons. The number of aryl methyl sites for hydroxylation is 1. The Morgan fingerprint density at radius 2 is 1.73 bits per heavy atom. The molecule has 3 heteroatoms. The molecule has 1 aliphatic heterocycles. The zero-order valence-corrected chi connectivity index (χ0v) is 14.1. The number of likely N-dealkylation sites (tertiary alicyclic amines) is 1. The second-order valence-electron chi connectivity index (χ2n) is 6.82. The van der Waals surface area contributed by atoms with Gasteiger partial charge in [-0.1, -0.05) is 60.5 Å². The van der Waals surface area contributed by atoms with Crippen LogP contribution in [0.4, 0.5) is 0 Å². The van der Waals surface area contributed by atoms with Gasteiger partial charge >= 0.3 is 0 Å². The molecule has 2 nitrogen and oxygen atoms in total. The van der Waals surface area contributed by atoms with E-state index in [0.29, 0.717) is 5.02 Å². The second-order valence-corrected chi connectivity index (χ2v) is 7.26. The molecule has 1 atom stereocenters. The minimum atomic E-state index is -1.04. The van der Waals surface area contributed by atoms with Crippen molar-refractivity contribution in [3.63, 3.8) is 0 Å². The number of aliphatic hydroxyl groups is 1. The van der Waals surface area contributed by atoms with Crippen LogP contribution in [-0.2, 0) is 5.60 Å². The van der Waals surface area contributed by atoms with Gasteiger partial charge in [-0.3, -0.25) is 0 Å². The maximum Gasteiger partial charge on any atom is 0.122 e. The van der Waals surface area contributed by atoms with E-state index in [2.05, 4.69) is 37.9 Å². The summed E-state index contributed by atoms with van der Waals surface area (Å²) in [6.07, 6.45) is 0. The van der Waals surface area contributed by atoms with Crippen molar-refractivity contribution in [2.75, 3.05) is 20.1 Å². The summed E-state index contributed by atoms with van der Waals surface area (Å²) >= 11 is 6.18. The van der Waals surface area contributed by atoms with E-state index in [1.54, 1.807) is 0 Å². The summed E-state index contributed by atoms with van der Waals surface area (Å²) in [5.41, 5.74) is 1.70. The lowest BCUT2D eigenvalue weighted by atomic mass is 9.62. The molecule has 0 bridgehead atoms. The smallest absolute Gasteiger partial charge is 0.122 e. The minimum absolute atomic E-state index is 0.234. The van der Waals surface area contributed by atoms with Crippen molar-refractivity contribution in [1.82, 2.24) is 4.90 Å². The fourth-order valence-corrected chi connectivity index (χ4v) is 3.94. The van der Waals surface area contributed by atoms with Gasteiger partial charge in [-0.25, -0.2) is 0 Å². The van der Waals surface area contributed by atoms with Crippen LogP contribution in [0.3, 0.4) is 0 Å². The maximum atomic E-state index is 11.8. The third kappa shape index (κ3) is 2.36. The van der Waals surface area contributed by atoms with Crippen LogP contribution in [0.2, 0.25) is 5.02 Å². The topological polar surface area (TPSA) is 23.5 Å². The zero-order chi connectivity index (χ0) is 16.0. The molecule has 0 spiro atoms. The molecule has 3 rings (SSSR count).